The second-order valence-electron chi connectivity index (χ2n) is 5.58. The van der Waals surface area contributed by atoms with Crippen molar-refractivity contribution < 1.29 is 15.0 Å². The lowest BCUT2D eigenvalue weighted by molar-refractivity contribution is -0.137. The van der Waals surface area contributed by atoms with Gasteiger partial charge in [0.2, 0.25) is 0 Å². The van der Waals surface area contributed by atoms with E-state index in [0.29, 0.717) is 6.42 Å². The van der Waals surface area contributed by atoms with Crippen LogP contribution in [0.1, 0.15) is 64.7 Å². The van der Waals surface area contributed by atoms with Crippen LogP contribution in [0.3, 0.4) is 0 Å². The first-order valence-electron chi connectivity index (χ1n) is 8.70. The lowest BCUT2D eigenvalue weighted by Gasteiger charge is -2.02. The van der Waals surface area contributed by atoms with Crippen molar-refractivity contribution in [2.24, 2.45) is 0 Å². The molecule has 0 bridgehead atoms. The van der Waals surface area contributed by atoms with Crippen LogP contribution in [0.2, 0.25) is 0 Å². The fraction of sp³-hybridized carbons (Fsp3) is 0.550. The minimum Gasteiger partial charge on any atom is -0.481 e. The zero-order valence-corrected chi connectivity index (χ0v) is 14.4. The zero-order valence-electron chi connectivity index (χ0n) is 14.4. The average Bonchev–Trinajstić information content (AvgIpc) is 2.51. The summed E-state index contributed by atoms with van der Waals surface area (Å²) < 4.78 is 0. The highest BCUT2D eigenvalue weighted by Crippen LogP contribution is 2.04. The van der Waals surface area contributed by atoms with Gasteiger partial charge in [-0.05, 0) is 32.1 Å². The highest BCUT2D eigenvalue weighted by Gasteiger charge is 1.96. The van der Waals surface area contributed by atoms with E-state index in [1.807, 2.05) is 24.3 Å². The number of aliphatic carboxylic acids is 1. The maximum Gasteiger partial charge on any atom is 0.303 e. The molecule has 0 amide bonds. The number of hydrogen-bond acceptors (Lipinski definition) is 2. The molecule has 0 aliphatic rings. The summed E-state index contributed by atoms with van der Waals surface area (Å²) >= 11 is 0. The molecule has 0 radical (unpaired) electrons. The summed E-state index contributed by atoms with van der Waals surface area (Å²) in [6.45, 7) is 2.16. The van der Waals surface area contributed by atoms with Crippen LogP contribution in [-0.2, 0) is 4.79 Å². The van der Waals surface area contributed by atoms with Crippen LogP contribution in [0.4, 0.5) is 0 Å². The van der Waals surface area contributed by atoms with E-state index in [-0.39, 0.29) is 12.5 Å². The van der Waals surface area contributed by atoms with Crippen molar-refractivity contribution in [1.29, 1.82) is 0 Å². The summed E-state index contributed by atoms with van der Waals surface area (Å²) in [6.07, 6.45) is 23.6. The largest absolute Gasteiger partial charge is 0.481 e. The Morgan fingerprint density at radius 2 is 1.65 bits per heavy atom. The molecule has 3 nitrogen and oxygen atoms in total. The molecule has 0 aromatic rings. The summed E-state index contributed by atoms with van der Waals surface area (Å²) in [6, 6.07) is 0. The Hall–Kier alpha value is -1.61. The van der Waals surface area contributed by atoms with E-state index in [1.54, 1.807) is 0 Å². The smallest absolute Gasteiger partial charge is 0.303 e. The van der Waals surface area contributed by atoms with Gasteiger partial charge in [0.05, 0.1) is 6.10 Å². The zero-order chi connectivity index (χ0) is 17.2. The van der Waals surface area contributed by atoms with E-state index >= 15 is 0 Å². The summed E-state index contributed by atoms with van der Waals surface area (Å²) in [5.41, 5.74) is 0. The van der Waals surface area contributed by atoms with E-state index < -0.39 is 5.97 Å². The molecule has 3 heteroatoms. The molecule has 0 rings (SSSR count). The van der Waals surface area contributed by atoms with Crippen LogP contribution in [-0.4, -0.2) is 22.3 Å². The van der Waals surface area contributed by atoms with E-state index in [4.69, 9.17) is 5.11 Å². The second-order valence-corrected chi connectivity index (χ2v) is 5.58. The van der Waals surface area contributed by atoms with Crippen LogP contribution in [0.15, 0.2) is 48.6 Å². The summed E-state index contributed by atoms with van der Waals surface area (Å²) in [4.78, 5) is 10.3. The van der Waals surface area contributed by atoms with Crippen molar-refractivity contribution in [1.82, 2.24) is 0 Å². The number of rotatable bonds is 14. The molecule has 0 spiro atoms. The van der Waals surface area contributed by atoms with Gasteiger partial charge in [-0.15, -0.1) is 0 Å². The average molecular weight is 320 g/mol. The van der Waals surface area contributed by atoms with Crippen LogP contribution in [0, 0.1) is 0 Å². The van der Waals surface area contributed by atoms with Gasteiger partial charge in [0.25, 0.3) is 0 Å². The number of unbranched alkanes of at least 4 members (excludes halogenated alkanes) is 3. The van der Waals surface area contributed by atoms with Crippen LogP contribution in [0.5, 0.6) is 0 Å². The van der Waals surface area contributed by atoms with E-state index in [0.717, 1.165) is 32.1 Å². The van der Waals surface area contributed by atoms with Gasteiger partial charge in [0, 0.05) is 6.42 Å². The molecular weight excluding hydrogens is 288 g/mol. The molecule has 23 heavy (non-hydrogen) atoms. The molecule has 130 valence electrons. The van der Waals surface area contributed by atoms with Gasteiger partial charge in [0.15, 0.2) is 0 Å². The van der Waals surface area contributed by atoms with Gasteiger partial charge in [-0.1, -0.05) is 74.8 Å². The Balaban J connectivity index is 3.57. The highest BCUT2D eigenvalue weighted by atomic mass is 16.4. The standard InChI is InChI=1S/C20H32O3/c1-2-3-13-16-19(21)17-14-11-9-7-5-4-6-8-10-12-15-18-20(22)23/h4-5,8-11,14,17,19,21H,2-3,6-7,12-13,15-16,18H2,1H3,(H,22,23)/b5-4-,10-8-,11-9-,17-14-. The molecule has 1 atom stereocenters. The van der Waals surface area contributed by atoms with Gasteiger partial charge in [0.1, 0.15) is 0 Å². The molecule has 0 aliphatic carbocycles. The lowest BCUT2D eigenvalue weighted by atomic mass is 10.1. The summed E-state index contributed by atoms with van der Waals surface area (Å²) in [5, 5.41) is 18.2. The molecule has 0 saturated heterocycles. The first-order valence-corrected chi connectivity index (χ1v) is 8.70. The van der Waals surface area contributed by atoms with Crippen molar-refractivity contribution >= 4 is 5.97 Å². The Kier molecular flexibility index (Phi) is 15.6. The second kappa shape index (κ2) is 16.8. The molecule has 0 fully saturated rings. The number of aliphatic hydroxyl groups excluding tert-OH is 1. The van der Waals surface area contributed by atoms with Crippen LogP contribution < -0.4 is 0 Å². The number of carboxylic acids is 1. The summed E-state index contributed by atoms with van der Waals surface area (Å²) in [7, 11) is 0. The van der Waals surface area contributed by atoms with E-state index in [9.17, 15) is 9.90 Å². The SMILES string of the molecule is CCCCCC(O)/C=C\C=C/C/C=C\C/C=C\CCCC(=O)O. The normalized spacial score (nSPS) is 13.8. The van der Waals surface area contributed by atoms with Crippen LogP contribution >= 0.6 is 0 Å². The molecule has 0 heterocycles. The number of allylic oxidation sites excluding steroid dienone is 7. The van der Waals surface area contributed by atoms with Gasteiger partial charge in [-0.2, -0.15) is 0 Å². The molecule has 1 unspecified atom stereocenters. The van der Waals surface area contributed by atoms with Crippen molar-refractivity contribution in [2.45, 2.75) is 70.8 Å². The highest BCUT2D eigenvalue weighted by molar-refractivity contribution is 5.66. The van der Waals surface area contributed by atoms with Gasteiger partial charge in [-0.3, -0.25) is 4.79 Å². The third-order valence-electron chi connectivity index (χ3n) is 3.32. The Labute approximate surface area is 141 Å². The topological polar surface area (TPSA) is 57.5 Å². The monoisotopic (exact) mass is 320 g/mol. The first-order chi connectivity index (χ1) is 11.2. The molecule has 2 N–H and O–H groups in total. The third-order valence-corrected chi connectivity index (χ3v) is 3.32. The fourth-order valence-electron chi connectivity index (χ4n) is 1.98. The Morgan fingerprint density at radius 3 is 2.35 bits per heavy atom. The summed E-state index contributed by atoms with van der Waals surface area (Å²) in [5.74, 6) is -0.729. The van der Waals surface area contributed by atoms with E-state index in [2.05, 4.69) is 31.2 Å². The van der Waals surface area contributed by atoms with Crippen molar-refractivity contribution in [2.75, 3.05) is 0 Å². The third kappa shape index (κ3) is 18.3. The van der Waals surface area contributed by atoms with Gasteiger partial charge < -0.3 is 10.2 Å². The molecule has 0 saturated carbocycles. The number of hydrogen-bond donors (Lipinski definition) is 2. The van der Waals surface area contributed by atoms with Crippen molar-refractivity contribution in [3.05, 3.63) is 48.6 Å². The molecular formula is C20H32O3. The van der Waals surface area contributed by atoms with Crippen LogP contribution in [0.25, 0.3) is 0 Å². The fourth-order valence-corrected chi connectivity index (χ4v) is 1.98. The lowest BCUT2D eigenvalue weighted by Crippen LogP contribution is -2.00. The first kappa shape index (κ1) is 21.4. The maximum absolute atomic E-state index is 10.3. The quantitative estimate of drug-likeness (QED) is 0.263. The molecule has 0 aromatic carbocycles. The van der Waals surface area contributed by atoms with Gasteiger partial charge in [-0.25, -0.2) is 0 Å². The predicted molar refractivity (Wildman–Crippen MR) is 97.4 cm³/mol. The molecule has 0 aliphatic heterocycles. The minimum atomic E-state index is -0.729. The number of carbonyl (C=O) groups is 1. The van der Waals surface area contributed by atoms with Gasteiger partial charge >= 0.3 is 5.97 Å². The predicted octanol–water partition coefficient (Wildman–Crippen LogP) is 5.19. The van der Waals surface area contributed by atoms with Crippen molar-refractivity contribution in [3.8, 4) is 0 Å². The Morgan fingerprint density at radius 1 is 0.957 bits per heavy atom. The maximum atomic E-state index is 10.3. The minimum absolute atomic E-state index is 0.242. The number of aliphatic hydroxyl groups is 1. The van der Waals surface area contributed by atoms with E-state index in [1.165, 1.54) is 12.8 Å². The number of carboxylic acid groups (broad SMARTS) is 1. The van der Waals surface area contributed by atoms with Crippen molar-refractivity contribution in [3.63, 3.8) is 0 Å². The molecule has 0 aromatic heterocycles. The Bertz CT molecular complexity index is 392.